The molecule has 1 fully saturated rings. The summed E-state index contributed by atoms with van der Waals surface area (Å²) in [6, 6.07) is 10.2. The van der Waals surface area contributed by atoms with Gasteiger partial charge in [0.1, 0.15) is 24.1 Å². The number of nitrogens with one attached hydrogen (secondary N) is 1. The number of benzene rings is 1. The van der Waals surface area contributed by atoms with Gasteiger partial charge in [0.25, 0.3) is 5.91 Å². The van der Waals surface area contributed by atoms with E-state index < -0.39 is 44.1 Å². The number of rotatable bonds is 10. The number of carbonyl (C=O) groups is 1. The molecule has 40 heavy (non-hydrogen) atoms. The minimum Gasteiger partial charge on any atom is -0.408 e. The summed E-state index contributed by atoms with van der Waals surface area (Å²) < 4.78 is 20.6. The Kier molecular flexibility index (Phi) is 9.53. The lowest BCUT2D eigenvalue weighted by Gasteiger charge is -2.43. The quantitative estimate of drug-likeness (QED) is 0.367. The molecule has 1 aliphatic rings. The summed E-state index contributed by atoms with van der Waals surface area (Å²) in [4.78, 5) is 29.6. The van der Waals surface area contributed by atoms with E-state index in [1.807, 2.05) is 6.07 Å². The van der Waals surface area contributed by atoms with Crippen molar-refractivity contribution in [3.8, 4) is 0 Å². The van der Waals surface area contributed by atoms with Gasteiger partial charge >= 0.3 is 5.69 Å². The highest BCUT2D eigenvalue weighted by Gasteiger charge is 2.51. The van der Waals surface area contributed by atoms with Crippen molar-refractivity contribution >= 4 is 20.0 Å². The summed E-state index contributed by atoms with van der Waals surface area (Å²) in [5.41, 5.74) is -0.770. The average Bonchev–Trinajstić information content (AvgIpc) is 3.17. The van der Waals surface area contributed by atoms with Crippen LogP contribution in [0.3, 0.4) is 0 Å². The van der Waals surface area contributed by atoms with Crippen LogP contribution in [0.15, 0.2) is 47.4 Å². The first-order valence-corrected chi connectivity index (χ1v) is 16.9. The topological polar surface area (TPSA) is 112 Å². The van der Waals surface area contributed by atoms with Crippen molar-refractivity contribution in [1.82, 2.24) is 9.55 Å². The molecule has 1 aromatic heterocycles. The molecule has 10 heteroatoms. The van der Waals surface area contributed by atoms with Crippen LogP contribution in [0.1, 0.15) is 78.4 Å². The first kappa shape index (κ1) is 32.1. The molecular weight excluding hydrogens is 526 g/mol. The molecule has 1 saturated heterocycles. The van der Waals surface area contributed by atoms with Gasteiger partial charge in [0.15, 0.2) is 14.5 Å². The molecule has 0 aliphatic carbocycles. The minimum atomic E-state index is -2.32. The van der Waals surface area contributed by atoms with E-state index in [1.165, 1.54) is 16.8 Å². The second-order valence-corrected chi connectivity index (χ2v) is 18.0. The van der Waals surface area contributed by atoms with E-state index in [-0.39, 0.29) is 28.8 Å². The van der Waals surface area contributed by atoms with Gasteiger partial charge in [0.2, 0.25) is 0 Å². The molecule has 9 nitrogen and oxygen atoms in total. The second kappa shape index (κ2) is 11.9. The maximum absolute atomic E-state index is 13.1. The third-order valence-corrected chi connectivity index (χ3v) is 13.5. The molecule has 0 radical (unpaired) electrons. The fourth-order valence-corrected chi connectivity index (χ4v) is 5.44. The van der Waals surface area contributed by atoms with E-state index in [4.69, 9.17) is 13.9 Å². The summed E-state index contributed by atoms with van der Waals surface area (Å²) in [6.07, 6.45) is -1.06. The molecule has 1 unspecified atom stereocenters. The van der Waals surface area contributed by atoms with Crippen molar-refractivity contribution < 1.29 is 23.8 Å². The zero-order valence-corrected chi connectivity index (χ0v) is 26.6. The Bertz CT molecular complexity index is 1220. The van der Waals surface area contributed by atoms with Crippen molar-refractivity contribution in [3.05, 3.63) is 58.6 Å². The lowest BCUT2D eigenvalue weighted by Crippen LogP contribution is -2.51. The van der Waals surface area contributed by atoms with Gasteiger partial charge in [-0.15, -0.1) is 0 Å². The number of amides is 1. The van der Waals surface area contributed by atoms with Crippen LogP contribution in [-0.4, -0.2) is 59.4 Å². The van der Waals surface area contributed by atoms with Crippen molar-refractivity contribution in [1.29, 1.82) is 0 Å². The summed E-state index contributed by atoms with van der Waals surface area (Å²) >= 11 is 0. The van der Waals surface area contributed by atoms with E-state index in [1.54, 1.807) is 24.3 Å². The molecular formula is C30H47N3O6Si. The van der Waals surface area contributed by atoms with Crippen LogP contribution < -0.4 is 11.0 Å². The number of anilines is 1. The van der Waals surface area contributed by atoms with Crippen LogP contribution >= 0.6 is 0 Å². The number of nitrogens with zero attached hydrogens (tertiary/aromatic N) is 2. The van der Waals surface area contributed by atoms with Crippen molar-refractivity contribution in [2.24, 2.45) is 5.41 Å². The Morgan fingerprint density at radius 2 is 1.73 bits per heavy atom. The van der Waals surface area contributed by atoms with Gasteiger partial charge in [0.05, 0.1) is 12.2 Å². The molecule has 1 amide bonds. The summed E-state index contributed by atoms with van der Waals surface area (Å²) in [6.45, 7) is 21.4. The highest BCUT2D eigenvalue weighted by atomic mass is 28.4. The fraction of sp³-hybridized carbons (Fsp3) is 0.633. The van der Waals surface area contributed by atoms with E-state index in [0.29, 0.717) is 5.56 Å². The molecule has 0 spiro atoms. The maximum atomic E-state index is 13.1. The smallest absolute Gasteiger partial charge is 0.351 e. The van der Waals surface area contributed by atoms with Crippen LogP contribution in [0.5, 0.6) is 0 Å². The Morgan fingerprint density at radius 3 is 2.27 bits per heavy atom. The van der Waals surface area contributed by atoms with Crippen LogP contribution in [0.2, 0.25) is 18.1 Å². The summed E-state index contributed by atoms with van der Waals surface area (Å²) in [7, 11) is -2.32. The van der Waals surface area contributed by atoms with Gasteiger partial charge in [-0.1, -0.05) is 59.7 Å². The highest BCUT2D eigenvalue weighted by molar-refractivity contribution is 6.74. The Labute approximate surface area is 239 Å². The largest absolute Gasteiger partial charge is 0.408 e. The van der Waals surface area contributed by atoms with Crippen LogP contribution in [0, 0.1) is 5.41 Å². The second-order valence-electron chi connectivity index (χ2n) is 13.3. The van der Waals surface area contributed by atoms with Gasteiger partial charge in [-0.2, -0.15) is 4.98 Å². The van der Waals surface area contributed by atoms with Crippen LogP contribution in [0.25, 0.3) is 0 Å². The number of aromatic nitrogens is 2. The van der Waals surface area contributed by atoms with Gasteiger partial charge in [-0.3, -0.25) is 9.36 Å². The number of aliphatic hydroxyl groups excluding tert-OH is 1. The van der Waals surface area contributed by atoms with Crippen molar-refractivity contribution in [3.63, 3.8) is 0 Å². The monoisotopic (exact) mass is 573 g/mol. The Morgan fingerprint density at radius 1 is 1.10 bits per heavy atom. The standard InChI is InChI=1S/C30H47N3O6Si/c1-11-29(5,6)30(7,8)37-19-21-24(39-40(9,10)28(2,3)4)23(34)26(38-21)33-18-17-22(32-27(33)36)31-25(35)20-15-13-12-14-16-20/h12-18,21,23-24,26,34H,11,19H2,1-10H3,(H,31,32,35,36)/t21-,23?,24+,26-/m1/s1. The molecule has 0 bridgehead atoms. The van der Waals surface area contributed by atoms with E-state index in [2.05, 4.69) is 78.8 Å². The predicted octanol–water partition coefficient (Wildman–Crippen LogP) is 5.38. The number of carbonyl (C=O) groups excluding carboxylic acids is 1. The van der Waals surface area contributed by atoms with Gasteiger partial charge in [-0.25, -0.2) is 4.79 Å². The third-order valence-electron chi connectivity index (χ3n) is 9.05. The van der Waals surface area contributed by atoms with Crippen LogP contribution in [-0.2, 0) is 13.9 Å². The van der Waals surface area contributed by atoms with Gasteiger partial charge in [-0.05, 0) is 62.0 Å². The van der Waals surface area contributed by atoms with E-state index >= 15 is 0 Å². The first-order valence-electron chi connectivity index (χ1n) is 14.0. The molecule has 4 atom stereocenters. The third kappa shape index (κ3) is 6.91. The SMILES string of the molecule is CCC(C)(C)C(C)(C)OC[C@H]1O[C@@H](n2ccc(NC(=O)c3ccccc3)nc2=O)C(O)[C@H]1O[Si](C)(C)C(C)(C)C. The molecule has 3 rings (SSSR count). The summed E-state index contributed by atoms with van der Waals surface area (Å²) in [5, 5.41) is 14.0. The normalized spacial score (nSPS) is 22.4. The number of hydrogen-bond acceptors (Lipinski definition) is 7. The molecule has 2 N–H and O–H groups in total. The van der Waals surface area contributed by atoms with Crippen molar-refractivity contribution in [2.75, 3.05) is 11.9 Å². The summed E-state index contributed by atoms with van der Waals surface area (Å²) in [5.74, 6) is -0.264. The minimum absolute atomic E-state index is 0.0969. The van der Waals surface area contributed by atoms with E-state index in [0.717, 1.165) is 6.42 Å². The van der Waals surface area contributed by atoms with Gasteiger partial charge in [0, 0.05) is 11.8 Å². The fourth-order valence-electron chi connectivity index (χ4n) is 4.11. The van der Waals surface area contributed by atoms with Crippen molar-refractivity contribution in [2.45, 2.75) is 110 Å². The Balaban J connectivity index is 1.86. The zero-order valence-electron chi connectivity index (χ0n) is 25.6. The first-order chi connectivity index (χ1) is 18.4. The van der Waals surface area contributed by atoms with Crippen LogP contribution in [0.4, 0.5) is 5.82 Å². The van der Waals surface area contributed by atoms with Gasteiger partial charge < -0.3 is 24.3 Å². The molecule has 222 valence electrons. The molecule has 2 aromatic rings. The molecule has 1 aromatic carbocycles. The average molecular weight is 574 g/mol. The maximum Gasteiger partial charge on any atom is 0.351 e. The number of ether oxygens (including phenoxy) is 2. The van der Waals surface area contributed by atoms with E-state index in [9.17, 15) is 14.7 Å². The molecule has 0 saturated carbocycles. The zero-order chi connectivity index (χ0) is 30.1. The number of aliphatic hydroxyl groups is 1. The molecule has 1 aliphatic heterocycles. The highest BCUT2D eigenvalue weighted by Crippen LogP contribution is 2.42. The molecule has 2 heterocycles. The Hall–Kier alpha value is -2.37. The number of hydrogen-bond donors (Lipinski definition) is 2. The predicted molar refractivity (Wildman–Crippen MR) is 159 cm³/mol. The lowest BCUT2D eigenvalue weighted by molar-refractivity contribution is -0.144. The lowest BCUT2D eigenvalue weighted by atomic mass is 9.75.